The van der Waals surface area contributed by atoms with Crippen LogP contribution < -0.4 is 11.3 Å². The summed E-state index contributed by atoms with van der Waals surface area (Å²) in [5.74, 6) is -0.227. The molecule has 36 heavy (non-hydrogen) atoms. The van der Waals surface area contributed by atoms with Gasteiger partial charge in [0.05, 0.1) is 18.1 Å². The molecule has 1 fully saturated rings. The van der Waals surface area contributed by atoms with Crippen molar-refractivity contribution >= 4 is 40.4 Å². The molecule has 3 heterocycles. The van der Waals surface area contributed by atoms with E-state index in [4.69, 9.17) is 30.5 Å². The van der Waals surface area contributed by atoms with Crippen LogP contribution in [0.4, 0.5) is 10.3 Å². The average molecular weight is 579 g/mol. The molecule has 200 valence electrons. The van der Waals surface area contributed by atoms with Crippen LogP contribution in [0.15, 0.2) is 22.2 Å². The number of aromatic amines is 1. The molecule has 0 amide bonds. The Morgan fingerprint density at radius 3 is 2.67 bits per heavy atom. The molecular weight excluding hydrogens is 562 g/mol. The number of anilines is 1. The highest BCUT2D eigenvalue weighted by Gasteiger charge is 2.44. The van der Waals surface area contributed by atoms with Crippen molar-refractivity contribution in [1.29, 1.82) is 0 Å². The molecule has 20 nitrogen and oxygen atoms in total. The van der Waals surface area contributed by atoms with Crippen LogP contribution in [0.1, 0.15) is 12.6 Å². The average Bonchev–Trinajstić information content (AvgIpc) is 3.27. The van der Waals surface area contributed by atoms with E-state index in [1.807, 2.05) is 0 Å². The molecule has 6 atom stereocenters. The summed E-state index contributed by atoms with van der Waals surface area (Å²) in [6, 6.07) is 1.37. The summed E-state index contributed by atoms with van der Waals surface area (Å²) in [5, 5.41) is 2.81. The lowest BCUT2D eigenvalue weighted by atomic mass is 10.2. The number of H-pyrrole nitrogens is 1. The van der Waals surface area contributed by atoms with Crippen molar-refractivity contribution in [2.24, 2.45) is 5.11 Å². The number of hydrogen-bond acceptors (Lipinski definition) is 12. The van der Waals surface area contributed by atoms with Crippen molar-refractivity contribution in [2.75, 3.05) is 12.3 Å². The van der Waals surface area contributed by atoms with Crippen LogP contribution in [-0.4, -0.2) is 59.4 Å². The van der Waals surface area contributed by atoms with Crippen LogP contribution in [0, 0.1) is 0 Å². The first-order valence-electron chi connectivity index (χ1n) is 9.23. The molecule has 7 N–H and O–H groups in total. The van der Waals surface area contributed by atoms with E-state index in [2.05, 4.69) is 33.1 Å². The van der Waals surface area contributed by atoms with Gasteiger partial charge in [0.2, 0.25) is 5.95 Å². The minimum Gasteiger partial charge on any atom is -0.369 e. The molecule has 0 radical (unpaired) electrons. The lowest BCUT2D eigenvalue weighted by Crippen LogP contribution is -2.30. The van der Waals surface area contributed by atoms with E-state index in [0.717, 1.165) is 0 Å². The van der Waals surface area contributed by atoms with Gasteiger partial charge in [-0.05, 0) is 16.7 Å². The topological polar surface area (TPSA) is 304 Å². The van der Waals surface area contributed by atoms with Gasteiger partial charge in [-0.1, -0.05) is 0 Å². The smallest absolute Gasteiger partial charge is 0.369 e. The van der Waals surface area contributed by atoms with Gasteiger partial charge in [-0.15, -0.1) is 0 Å². The molecule has 1 aliphatic heterocycles. The van der Waals surface area contributed by atoms with Crippen molar-refractivity contribution in [3.8, 4) is 0 Å². The third-order valence-electron chi connectivity index (χ3n) is 4.34. The highest BCUT2D eigenvalue weighted by molar-refractivity contribution is 7.66. The summed E-state index contributed by atoms with van der Waals surface area (Å²) in [4.78, 5) is 56.6. The Morgan fingerprint density at radius 2 is 2.03 bits per heavy atom. The Kier molecular flexibility index (Phi) is 8.39. The third kappa shape index (κ3) is 7.41. The van der Waals surface area contributed by atoms with Gasteiger partial charge in [-0.2, -0.15) is 13.6 Å². The third-order valence-corrected chi connectivity index (χ3v) is 8.14. The van der Waals surface area contributed by atoms with Crippen LogP contribution in [0.2, 0.25) is 0 Å². The van der Waals surface area contributed by atoms with Crippen molar-refractivity contribution in [3.05, 3.63) is 33.1 Å². The van der Waals surface area contributed by atoms with Crippen LogP contribution >= 0.6 is 23.5 Å². The highest BCUT2D eigenvalue weighted by atomic mass is 31.3. The molecule has 2 aromatic rings. The predicted octanol–water partition coefficient (Wildman–Crippen LogP) is 0.886. The maximum absolute atomic E-state index is 13.8. The standard InChI is InChI=1S/C12H17FN7O13P3/c13-11(18-19-15)31-6-3-8(20-2-1-5-9(20)16-12(14)17-10(5)21)30-7(6)4-29-35(25,26)33-36(27,28)32-34(22,23)24/h1-2,6-8,11H,3-4H2,(H,25,26)(H,27,28)(H2,22,23,24)(H3,14,16,17,21)/t6-,7?,8-,11-/m1/s1. The molecule has 3 rings (SSSR count). The first-order valence-corrected chi connectivity index (χ1v) is 13.7. The number of alkyl halides is 1. The summed E-state index contributed by atoms with van der Waals surface area (Å²) >= 11 is 0. The number of aromatic nitrogens is 3. The molecular formula is C12H17FN7O13P3. The van der Waals surface area contributed by atoms with Gasteiger partial charge in [0, 0.05) is 17.5 Å². The molecule has 2 aromatic heterocycles. The summed E-state index contributed by atoms with van der Waals surface area (Å²) < 4.78 is 71.6. The predicted molar refractivity (Wildman–Crippen MR) is 112 cm³/mol. The lowest BCUT2D eigenvalue weighted by molar-refractivity contribution is -0.115. The van der Waals surface area contributed by atoms with E-state index in [9.17, 15) is 32.7 Å². The zero-order valence-electron chi connectivity index (χ0n) is 17.4. The van der Waals surface area contributed by atoms with Crippen LogP contribution in [-0.2, 0) is 36.3 Å². The Balaban J connectivity index is 1.80. The first kappa shape index (κ1) is 28.4. The van der Waals surface area contributed by atoms with Crippen molar-refractivity contribution in [1.82, 2.24) is 14.5 Å². The minimum absolute atomic E-state index is 0.0559. The van der Waals surface area contributed by atoms with E-state index in [1.54, 1.807) is 0 Å². The van der Waals surface area contributed by atoms with Gasteiger partial charge in [0.1, 0.15) is 12.3 Å². The number of nitrogens with zero attached hydrogens (tertiary/aromatic N) is 5. The number of nitrogens with two attached hydrogens (primary N) is 1. The number of rotatable bonds is 11. The van der Waals surface area contributed by atoms with Gasteiger partial charge in [0.25, 0.3) is 12.0 Å². The Morgan fingerprint density at radius 1 is 1.33 bits per heavy atom. The van der Waals surface area contributed by atoms with Crippen LogP contribution in [0.3, 0.4) is 0 Å². The molecule has 1 saturated heterocycles. The number of nitrogens with one attached hydrogen (secondary N) is 1. The number of phosphoric acid groups is 3. The number of ether oxygens (including phenoxy) is 2. The lowest BCUT2D eigenvalue weighted by Gasteiger charge is -2.21. The zero-order chi connectivity index (χ0) is 26.9. The molecule has 24 heteroatoms. The number of fused-ring (bicyclic) bond motifs is 1. The fourth-order valence-electron chi connectivity index (χ4n) is 3.14. The van der Waals surface area contributed by atoms with Gasteiger partial charge in [-0.3, -0.25) is 14.3 Å². The molecule has 0 bridgehead atoms. The van der Waals surface area contributed by atoms with Gasteiger partial charge < -0.3 is 39.3 Å². The van der Waals surface area contributed by atoms with Gasteiger partial charge in [0.15, 0.2) is 5.65 Å². The van der Waals surface area contributed by atoms with E-state index in [-0.39, 0.29) is 23.4 Å². The van der Waals surface area contributed by atoms with Crippen LogP contribution in [0.25, 0.3) is 21.5 Å². The largest absolute Gasteiger partial charge is 0.490 e. The Labute approximate surface area is 197 Å². The maximum Gasteiger partial charge on any atom is 0.490 e. The summed E-state index contributed by atoms with van der Waals surface area (Å²) in [7, 11) is -16.9. The molecule has 0 aliphatic carbocycles. The summed E-state index contributed by atoms with van der Waals surface area (Å²) in [5.41, 5.74) is 13.4. The van der Waals surface area contributed by atoms with E-state index < -0.39 is 60.6 Å². The first-order chi connectivity index (χ1) is 16.6. The second-order valence-corrected chi connectivity index (χ2v) is 11.3. The van der Waals surface area contributed by atoms with E-state index in [1.165, 1.54) is 16.8 Å². The quantitative estimate of drug-likeness (QED) is 0.0708. The fraction of sp³-hybridized carbons (Fsp3) is 0.500. The number of azide groups is 1. The Hall–Kier alpha value is -2.21. The van der Waals surface area contributed by atoms with Crippen molar-refractivity contribution in [3.63, 3.8) is 0 Å². The number of halogens is 1. The SMILES string of the molecule is [N-]=[N+]=N[C@@H](F)O[C@@H]1C[C@H](n2ccc3c(=O)[nH]c(N)nc32)OC1COP(=O)(O)OP(=O)(O)OP(=O)(O)O. The summed E-state index contributed by atoms with van der Waals surface area (Å²) in [6.07, 6.45) is -2.67. The number of hydrogen-bond donors (Lipinski definition) is 6. The highest BCUT2D eigenvalue weighted by Crippen LogP contribution is 2.66. The molecule has 0 saturated carbocycles. The molecule has 3 unspecified atom stereocenters. The normalized spacial score (nSPS) is 24.6. The number of phosphoric ester groups is 1. The van der Waals surface area contributed by atoms with Crippen molar-refractivity contribution in [2.45, 2.75) is 31.3 Å². The maximum atomic E-state index is 13.8. The Bertz CT molecular complexity index is 1370. The minimum atomic E-state index is -5.78. The molecule has 1 aliphatic rings. The van der Waals surface area contributed by atoms with E-state index >= 15 is 0 Å². The fourth-order valence-corrected chi connectivity index (χ4v) is 6.17. The second-order valence-electron chi connectivity index (χ2n) is 6.83. The molecule has 0 aromatic carbocycles. The summed E-state index contributed by atoms with van der Waals surface area (Å²) in [6.45, 7) is -3.50. The van der Waals surface area contributed by atoms with Crippen LogP contribution in [0.5, 0.6) is 0 Å². The zero-order valence-corrected chi connectivity index (χ0v) is 20.1. The van der Waals surface area contributed by atoms with E-state index in [0.29, 0.717) is 0 Å². The van der Waals surface area contributed by atoms with Gasteiger partial charge >= 0.3 is 23.5 Å². The monoisotopic (exact) mass is 579 g/mol. The van der Waals surface area contributed by atoms with Gasteiger partial charge in [-0.25, -0.2) is 18.1 Å². The number of nitrogen functional groups attached to an aromatic ring is 1. The molecule has 0 spiro atoms. The second kappa shape index (κ2) is 10.6. The van der Waals surface area contributed by atoms with Crippen molar-refractivity contribution < 1.29 is 60.3 Å².